The average molecular weight is 261 g/mol. The molecule has 1 atom stereocenters. The van der Waals surface area contributed by atoms with Crippen molar-refractivity contribution in [3.05, 3.63) is 0 Å². The first-order chi connectivity index (χ1) is 6.39. The monoisotopic (exact) mass is 259 g/mol. The van der Waals surface area contributed by atoms with Crippen molar-refractivity contribution in [3.63, 3.8) is 0 Å². The Labute approximate surface area is 98.0 Å². The number of alkyl halides is 3. The van der Waals surface area contributed by atoms with Crippen LogP contribution in [0.1, 0.15) is 32.6 Å². The molecule has 1 aliphatic rings. The summed E-state index contributed by atoms with van der Waals surface area (Å²) in [5.41, 5.74) is 0.737. The highest BCUT2D eigenvalue weighted by molar-refractivity contribution is 6.68. The minimum absolute atomic E-state index is 0.156. The van der Waals surface area contributed by atoms with Gasteiger partial charge in [-0.2, -0.15) is 0 Å². The lowest BCUT2D eigenvalue weighted by molar-refractivity contribution is -0.181. The lowest BCUT2D eigenvalue weighted by Crippen LogP contribution is -2.42. The summed E-state index contributed by atoms with van der Waals surface area (Å²) in [6.45, 7) is 2.07. The maximum Gasteiger partial charge on any atom is 0.287 e. The molecule has 0 spiro atoms. The van der Waals surface area contributed by atoms with Crippen LogP contribution >= 0.6 is 34.8 Å². The summed E-state index contributed by atoms with van der Waals surface area (Å²) in [5, 5.41) is 13.5. The summed E-state index contributed by atoms with van der Waals surface area (Å²) in [5.74, 6) is -1.80. The van der Waals surface area contributed by atoms with Gasteiger partial charge in [0.25, 0.3) is 9.58 Å². The third-order valence-corrected chi connectivity index (χ3v) is 2.92. The second-order valence-corrected chi connectivity index (χ2v) is 5.59. The number of nitrogens with zero attached hydrogens (tertiary/aromatic N) is 1. The molecule has 0 aliphatic carbocycles. The number of rotatable bonds is 3. The Balaban J connectivity index is 2.52. The van der Waals surface area contributed by atoms with Crippen LogP contribution in [0.2, 0.25) is 0 Å². The molecule has 3 nitrogen and oxygen atoms in total. The van der Waals surface area contributed by atoms with Gasteiger partial charge < -0.3 is 9.94 Å². The van der Waals surface area contributed by atoms with Crippen LogP contribution < -0.4 is 0 Å². The van der Waals surface area contributed by atoms with E-state index in [1.807, 2.05) is 0 Å². The van der Waals surface area contributed by atoms with Crippen LogP contribution in [0.4, 0.5) is 0 Å². The molecular formula is C8H12Cl3NO2. The summed E-state index contributed by atoms with van der Waals surface area (Å²) >= 11 is 16.7. The van der Waals surface area contributed by atoms with Crippen LogP contribution in [0.15, 0.2) is 5.16 Å². The van der Waals surface area contributed by atoms with E-state index in [1.54, 1.807) is 0 Å². The highest BCUT2D eigenvalue weighted by Crippen LogP contribution is 2.44. The first kappa shape index (κ1) is 12.4. The van der Waals surface area contributed by atoms with Crippen molar-refractivity contribution in [3.8, 4) is 0 Å². The van der Waals surface area contributed by atoms with Crippen LogP contribution in [-0.4, -0.2) is 20.4 Å². The van der Waals surface area contributed by atoms with Gasteiger partial charge in [-0.25, -0.2) is 0 Å². The zero-order valence-corrected chi connectivity index (χ0v) is 10.0. The molecule has 0 aromatic carbocycles. The Bertz CT molecular complexity index is 239. The number of halogens is 3. The van der Waals surface area contributed by atoms with Crippen molar-refractivity contribution >= 4 is 40.5 Å². The zero-order valence-electron chi connectivity index (χ0n) is 7.76. The minimum atomic E-state index is -1.87. The first-order valence-electron chi connectivity index (χ1n) is 4.42. The van der Waals surface area contributed by atoms with E-state index in [9.17, 15) is 5.11 Å². The summed E-state index contributed by atoms with van der Waals surface area (Å²) in [6.07, 6.45) is 2.95. The van der Waals surface area contributed by atoms with Gasteiger partial charge in [0.2, 0.25) is 0 Å². The summed E-state index contributed by atoms with van der Waals surface area (Å²) in [4.78, 5) is 4.76. The van der Waals surface area contributed by atoms with Crippen LogP contribution in [0.25, 0.3) is 0 Å². The molecule has 14 heavy (non-hydrogen) atoms. The third-order valence-electron chi connectivity index (χ3n) is 2.03. The molecule has 0 amide bonds. The fourth-order valence-corrected chi connectivity index (χ4v) is 1.45. The molecular weight excluding hydrogens is 248 g/mol. The molecule has 1 aliphatic heterocycles. The van der Waals surface area contributed by atoms with Gasteiger partial charge in [-0.3, -0.25) is 0 Å². The van der Waals surface area contributed by atoms with E-state index in [4.69, 9.17) is 39.6 Å². The molecule has 0 bridgehead atoms. The molecule has 0 aromatic rings. The predicted molar refractivity (Wildman–Crippen MR) is 57.9 cm³/mol. The van der Waals surface area contributed by atoms with E-state index < -0.39 is 9.58 Å². The molecule has 1 heterocycles. The largest absolute Gasteiger partial charge is 0.355 e. The predicted octanol–water partition coefficient (Wildman–Crippen LogP) is 3.01. The molecule has 6 heteroatoms. The SMILES string of the molecule is CCCCC1=NOC(O)(C(Cl)(Cl)Cl)C1. The van der Waals surface area contributed by atoms with Gasteiger partial charge in [-0.05, 0) is 12.8 Å². The zero-order chi connectivity index (χ0) is 10.8. The smallest absolute Gasteiger partial charge is 0.287 e. The standard InChI is InChI=1S/C8H12Cl3NO2/c1-2-3-4-6-5-7(13,14-12-6)8(9,10)11/h13H,2-5H2,1H3. The average Bonchev–Trinajstić information content (AvgIpc) is 2.44. The van der Waals surface area contributed by atoms with E-state index in [2.05, 4.69) is 12.1 Å². The van der Waals surface area contributed by atoms with Gasteiger partial charge in [0, 0.05) is 0 Å². The van der Waals surface area contributed by atoms with Gasteiger partial charge in [0.05, 0.1) is 12.1 Å². The summed E-state index contributed by atoms with van der Waals surface area (Å²) in [7, 11) is 0. The van der Waals surface area contributed by atoms with Crippen molar-refractivity contribution in [1.29, 1.82) is 0 Å². The topological polar surface area (TPSA) is 41.8 Å². The van der Waals surface area contributed by atoms with E-state index in [0.29, 0.717) is 0 Å². The van der Waals surface area contributed by atoms with Gasteiger partial charge >= 0.3 is 0 Å². The van der Waals surface area contributed by atoms with Crippen molar-refractivity contribution in [2.45, 2.75) is 42.2 Å². The van der Waals surface area contributed by atoms with Gasteiger partial charge in [-0.1, -0.05) is 53.3 Å². The van der Waals surface area contributed by atoms with Crippen molar-refractivity contribution < 1.29 is 9.94 Å². The Morgan fingerprint density at radius 2 is 2.21 bits per heavy atom. The van der Waals surface area contributed by atoms with Crippen LogP contribution in [0.5, 0.6) is 0 Å². The molecule has 1 N–H and O–H groups in total. The molecule has 1 unspecified atom stereocenters. The number of unbranched alkanes of at least 4 members (excludes halogenated alkanes) is 1. The van der Waals surface area contributed by atoms with Crippen molar-refractivity contribution in [1.82, 2.24) is 0 Å². The number of hydrogen-bond acceptors (Lipinski definition) is 3. The molecule has 0 saturated heterocycles. The Morgan fingerprint density at radius 1 is 1.57 bits per heavy atom. The second kappa shape index (κ2) is 4.44. The van der Waals surface area contributed by atoms with Crippen molar-refractivity contribution in [2.24, 2.45) is 5.16 Å². The minimum Gasteiger partial charge on any atom is -0.355 e. The lowest BCUT2D eigenvalue weighted by atomic mass is 10.1. The highest BCUT2D eigenvalue weighted by Gasteiger charge is 2.53. The summed E-state index contributed by atoms with van der Waals surface area (Å²) in [6, 6.07) is 0. The summed E-state index contributed by atoms with van der Waals surface area (Å²) < 4.78 is -1.87. The van der Waals surface area contributed by atoms with E-state index in [1.165, 1.54) is 0 Å². The van der Waals surface area contributed by atoms with Gasteiger partial charge in [-0.15, -0.1) is 0 Å². The van der Waals surface area contributed by atoms with E-state index in [0.717, 1.165) is 25.0 Å². The number of hydrogen-bond donors (Lipinski definition) is 1. The molecule has 0 fully saturated rings. The van der Waals surface area contributed by atoms with E-state index in [-0.39, 0.29) is 6.42 Å². The highest BCUT2D eigenvalue weighted by atomic mass is 35.6. The second-order valence-electron chi connectivity index (χ2n) is 3.31. The van der Waals surface area contributed by atoms with Gasteiger partial charge in [0.15, 0.2) is 0 Å². The molecule has 0 saturated carbocycles. The van der Waals surface area contributed by atoms with Crippen LogP contribution in [0.3, 0.4) is 0 Å². The first-order valence-corrected chi connectivity index (χ1v) is 5.55. The quantitative estimate of drug-likeness (QED) is 0.793. The molecule has 0 aromatic heterocycles. The van der Waals surface area contributed by atoms with E-state index >= 15 is 0 Å². The van der Waals surface area contributed by atoms with Crippen molar-refractivity contribution in [2.75, 3.05) is 0 Å². The maximum absolute atomic E-state index is 9.76. The number of aliphatic hydroxyl groups is 1. The fraction of sp³-hybridized carbons (Fsp3) is 0.875. The molecule has 0 radical (unpaired) electrons. The fourth-order valence-electron chi connectivity index (χ4n) is 1.15. The Morgan fingerprint density at radius 3 is 2.64 bits per heavy atom. The normalized spacial score (nSPS) is 27.4. The Kier molecular flexibility index (Phi) is 3.92. The maximum atomic E-state index is 9.76. The van der Waals surface area contributed by atoms with Crippen LogP contribution in [-0.2, 0) is 4.84 Å². The number of oxime groups is 1. The Hall–Kier alpha value is 0.300. The molecule has 82 valence electrons. The van der Waals surface area contributed by atoms with Gasteiger partial charge in [0.1, 0.15) is 0 Å². The third kappa shape index (κ3) is 2.66. The molecule has 1 rings (SSSR count). The van der Waals surface area contributed by atoms with Crippen LogP contribution in [0, 0.1) is 0 Å². The lowest BCUT2D eigenvalue weighted by Gasteiger charge is -2.26.